The zero-order chi connectivity index (χ0) is 9.84. The number of aromatic nitrogens is 2. The van der Waals surface area contributed by atoms with Crippen LogP contribution in [0.15, 0.2) is 11.0 Å². The first-order valence-corrected chi connectivity index (χ1v) is 4.05. The molecule has 0 fully saturated rings. The number of hydrogen-bond donors (Lipinski definition) is 2. The summed E-state index contributed by atoms with van der Waals surface area (Å²) in [6, 6.07) is 0. The van der Waals surface area contributed by atoms with Crippen LogP contribution in [-0.4, -0.2) is 29.0 Å². The fourth-order valence-corrected chi connectivity index (χ4v) is 0.983. The van der Waals surface area contributed by atoms with Gasteiger partial charge in [0.25, 0.3) is 5.56 Å². The molecule has 0 aliphatic rings. The molecule has 0 radical (unpaired) electrons. The van der Waals surface area contributed by atoms with Crippen molar-refractivity contribution in [2.24, 2.45) is 5.73 Å². The van der Waals surface area contributed by atoms with E-state index >= 15 is 0 Å². The number of nitrogens with one attached hydrogen (secondary N) is 1. The number of aromatic amines is 1. The predicted molar refractivity (Wildman–Crippen MR) is 50.1 cm³/mol. The van der Waals surface area contributed by atoms with Crippen LogP contribution in [-0.2, 0) is 13.1 Å². The first-order valence-electron chi connectivity index (χ1n) is 4.05. The van der Waals surface area contributed by atoms with Crippen molar-refractivity contribution >= 4 is 0 Å². The lowest BCUT2D eigenvalue weighted by Gasteiger charge is -2.08. The van der Waals surface area contributed by atoms with Gasteiger partial charge in [0.15, 0.2) is 0 Å². The Hall–Kier alpha value is -1.20. The molecular weight excluding hydrogens is 168 g/mol. The van der Waals surface area contributed by atoms with Crippen molar-refractivity contribution in [3.8, 4) is 0 Å². The van der Waals surface area contributed by atoms with Gasteiger partial charge in [-0.2, -0.15) is 0 Å². The molecule has 1 heterocycles. The molecule has 0 saturated carbocycles. The topological polar surface area (TPSA) is 75.0 Å². The molecule has 0 bridgehead atoms. The lowest BCUT2D eigenvalue weighted by atomic mass is 10.3. The molecule has 5 nitrogen and oxygen atoms in total. The van der Waals surface area contributed by atoms with Crippen molar-refractivity contribution < 1.29 is 0 Å². The monoisotopic (exact) mass is 182 g/mol. The highest BCUT2D eigenvalue weighted by molar-refractivity contribution is 5.04. The summed E-state index contributed by atoms with van der Waals surface area (Å²) in [5.74, 6) is 0.659. The van der Waals surface area contributed by atoms with Crippen molar-refractivity contribution in [1.82, 2.24) is 14.9 Å². The molecule has 0 aliphatic carbocycles. The molecule has 0 saturated heterocycles. The van der Waals surface area contributed by atoms with Crippen molar-refractivity contribution in [3.05, 3.63) is 27.9 Å². The molecule has 5 heteroatoms. The molecule has 3 N–H and O–H groups in total. The molecule has 0 aliphatic heterocycles. The molecule has 0 unspecified atom stereocenters. The van der Waals surface area contributed by atoms with Crippen LogP contribution >= 0.6 is 0 Å². The Labute approximate surface area is 76.6 Å². The maximum atomic E-state index is 11.3. The first kappa shape index (κ1) is 9.88. The average Bonchev–Trinajstić information content (AvgIpc) is 2.03. The van der Waals surface area contributed by atoms with Crippen LogP contribution in [0.5, 0.6) is 0 Å². The predicted octanol–water partition coefficient (Wildman–Crippen LogP) is -0.710. The van der Waals surface area contributed by atoms with Crippen LogP contribution in [0, 0.1) is 0 Å². The summed E-state index contributed by atoms with van der Waals surface area (Å²) >= 11 is 0. The van der Waals surface area contributed by atoms with Gasteiger partial charge in [0.2, 0.25) is 0 Å². The Morgan fingerprint density at radius 1 is 1.62 bits per heavy atom. The van der Waals surface area contributed by atoms with Crippen LogP contribution < -0.4 is 11.3 Å². The van der Waals surface area contributed by atoms with Crippen LogP contribution in [0.1, 0.15) is 11.4 Å². The van der Waals surface area contributed by atoms with E-state index in [-0.39, 0.29) is 12.1 Å². The lowest BCUT2D eigenvalue weighted by Crippen LogP contribution is -2.22. The molecule has 0 atom stereocenters. The quantitative estimate of drug-likeness (QED) is 0.647. The maximum Gasteiger partial charge on any atom is 0.255 e. The lowest BCUT2D eigenvalue weighted by molar-refractivity contribution is 0.389. The van der Waals surface area contributed by atoms with Gasteiger partial charge >= 0.3 is 0 Å². The van der Waals surface area contributed by atoms with E-state index in [0.717, 1.165) is 0 Å². The standard InChI is InChI=1S/C8H14N4O/c1-12(2)5-7-10-4-6(3-9)8(13)11-7/h4H,3,5,9H2,1-2H3,(H,10,11,13). The third-order valence-electron chi connectivity index (χ3n) is 1.61. The van der Waals surface area contributed by atoms with E-state index in [1.807, 2.05) is 19.0 Å². The Kier molecular flexibility index (Phi) is 3.16. The second-order valence-electron chi connectivity index (χ2n) is 3.13. The summed E-state index contributed by atoms with van der Waals surface area (Å²) in [6.45, 7) is 0.852. The van der Waals surface area contributed by atoms with Crippen molar-refractivity contribution in [2.75, 3.05) is 14.1 Å². The number of hydrogen-bond acceptors (Lipinski definition) is 4. The van der Waals surface area contributed by atoms with Gasteiger partial charge in [-0.05, 0) is 14.1 Å². The maximum absolute atomic E-state index is 11.3. The Morgan fingerprint density at radius 2 is 2.31 bits per heavy atom. The van der Waals surface area contributed by atoms with Crippen molar-refractivity contribution in [3.63, 3.8) is 0 Å². The molecular formula is C8H14N4O. The summed E-state index contributed by atoms with van der Waals surface area (Å²) in [5.41, 5.74) is 5.70. The van der Waals surface area contributed by atoms with Crippen LogP contribution in [0.3, 0.4) is 0 Å². The minimum atomic E-state index is -0.144. The van der Waals surface area contributed by atoms with Gasteiger partial charge in [-0.25, -0.2) is 4.98 Å². The summed E-state index contributed by atoms with van der Waals surface area (Å²) in [4.78, 5) is 19.9. The highest BCUT2D eigenvalue weighted by Gasteiger charge is 2.01. The molecule has 13 heavy (non-hydrogen) atoms. The minimum absolute atomic E-state index is 0.144. The van der Waals surface area contributed by atoms with E-state index in [0.29, 0.717) is 17.9 Å². The fourth-order valence-electron chi connectivity index (χ4n) is 0.983. The molecule has 0 aromatic carbocycles. The van der Waals surface area contributed by atoms with Crippen molar-refractivity contribution in [2.45, 2.75) is 13.1 Å². The molecule has 1 aromatic rings. The van der Waals surface area contributed by atoms with Gasteiger partial charge in [0.05, 0.1) is 6.54 Å². The van der Waals surface area contributed by atoms with Crippen LogP contribution in [0.25, 0.3) is 0 Å². The third kappa shape index (κ3) is 2.64. The number of nitrogens with zero attached hydrogens (tertiary/aromatic N) is 2. The summed E-state index contributed by atoms with van der Waals surface area (Å²) in [6.07, 6.45) is 1.53. The van der Waals surface area contributed by atoms with E-state index in [1.165, 1.54) is 6.20 Å². The highest BCUT2D eigenvalue weighted by Crippen LogP contribution is 1.91. The second kappa shape index (κ2) is 4.15. The molecule has 72 valence electrons. The van der Waals surface area contributed by atoms with Gasteiger partial charge in [-0.3, -0.25) is 4.79 Å². The summed E-state index contributed by atoms with van der Waals surface area (Å²) < 4.78 is 0. The number of H-pyrrole nitrogens is 1. The first-order chi connectivity index (χ1) is 6.13. The van der Waals surface area contributed by atoms with E-state index in [4.69, 9.17) is 5.73 Å². The van der Waals surface area contributed by atoms with Crippen LogP contribution in [0.2, 0.25) is 0 Å². The summed E-state index contributed by atoms with van der Waals surface area (Å²) in [5, 5.41) is 0. The fraction of sp³-hybridized carbons (Fsp3) is 0.500. The largest absolute Gasteiger partial charge is 0.326 e. The van der Waals surface area contributed by atoms with Crippen LogP contribution in [0.4, 0.5) is 0 Å². The molecule has 0 spiro atoms. The zero-order valence-corrected chi connectivity index (χ0v) is 7.87. The highest BCUT2D eigenvalue weighted by atomic mass is 16.1. The summed E-state index contributed by atoms with van der Waals surface area (Å²) in [7, 11) is 3.83. The third-order valence-corrected chi connectivity index (χ3v) is 1.61. The van der Waals surface area contributed by atoms with Gasteiger partial charge < -0.3 is 15.6 Å². The average molecular weight is 182 g/mol. The SMILES string of the molecule is CN(C)Cc1ncc(CN)c(=O)[nH]1. The minimum Gasteiger partial charge on any atom is -0.326 e. The Balaban J connectivity index is 2.90. The van der Waals surface area contributed by atoms with Gasteiger partial charge in [0, 0.05) is 18.3 Å². The molecule has 1 rings (SSSR count). The number of rotatable bonds is 3. The van der Waals surface area contributed by atoms with E-state index in [9.17, 15) is 4.79 Å². The zero-order valence-electron chi connectivity index (χ0n) is 7.87. The van der Waals surface area contributed by atoms with Crippen molar-refractivity contribution in [1.29, 1.82) is 0 Å². The van der Waals surface area contributed by atoms with Gasteiger partial charge in [0.1, 0.15) is 5.82 Å². The second-order valence-corrected chi connectivity index (χ2v) is 3.13. The number of nitrogens with two attached hydrogens (primary N) is 1. The van der Waals surface area contributed by atoms with E-state index < -0.39 is 0 Å². The molecule has 0 amide bonds. The Bertz CT molecular complexity index is 331. The van der Waals surface area contributed by atoms with E-state index in [2.05, 4.69) is 9.97 Å². The van der Waals surface area contributed by atoms with Gasteiger partial charge in [-0.15, -0.1) is 0 Å². The molecule has 1 aromatic heterocycles. The normalized spacial score (nSPS) is 10.8. The van der Waals surface area contributed by atoms with E-state index in [1.54, 1.807) is 0 Å². The Morgan fingerprint density at radius 3 is 2.77 bits per heavy atom. The van der Waals surface area contributed by atoms with Gasteiger partial charge in [-0.1, -0.05) is 0 Å². The smallest absolute Gasteiger partial charge is 0.255 e.